The Kier molecular flexibility index (Phi) is 3.61. The number of rotatable bonds is 4. The molecule has 4 heteroatoms. The fraction of sp³-hybridized carbons (Fsp3) is 0.0667. The molecule has 0 radical (unpaired) electrons. The Morgan fingerprint density at radius 3 is 2.58 bits per heavy atom. The van der Waals surface area contributed by atoms with Crippen LogP contribution in [0.1, 0.15) is 26.3 Å². The number of aldehydes is 1. The summed E-state index contributed by atoms with van der Waals surface area (Å²) in [5.41, 5.74) is 7.01. The van der Waals surface area contributed by atoms with Gasteiger partial charge in [-0.25, -0.2) is 0 Å². The van der Waals surface area contributed by atoms with Gasteiger partial charge in [0, 0.05) is 5.56 Å². The molecular weight excluding hydrogens is 242 g/mol. The second-order valence-electron chi connectivity index (χ2n) is 4.10. The highest BCUT2D eigenvalue weighted by Gasteiger charge is 2.09. The van der Waals surface area contributed by atoms with Gasteiger partial charge in [-0.2, -0.15) is 0 Å². The first-order valence-electron chi connectivity index (χ1n) is 5.74. The largest absolute Gasteiger partial charge is 0.457 e. The molecule has 0 saturated heterocycles. The van der Waals surface area contributed by atoms with Crippen LogP contribution in [0.5, 0.6) is 11.5 Å². The number of carbonyl (C=O) groups is 2. The van der Waals surface area contributed by atoms with E-state index in [9.17, 15) is 9.59 Å². The molecular formula is C15H13NO3. The van der Waals surface area contributed by atoms with Crippen molar-refractivity contribution in [3.05, 3.63) is 59.2 Å². The molecule has 0 aliphatic heterocycles. The van der Waals surface area contributed by atoms with Crippen molar-refractivity contribution in [2.24, 2.45) is 5.73 Å². The van der Waals surface area contributed by atoms with Crippen LogP contribution in [0.2, 0.25) is 0 Å². The number of aryl methyl sites for hydroxylation is 1. The van der Waals surface area contributed by atoms with E-state index in [-0.39, 0.29) is 0 Å². The summed E-state index contributed by atoms with van der Waals surface area (Å²) < 4.78 is 5.63. The van der Waals surface area contributed by atoms with Crippen LogP contribution in [-0.4, -0.2) is 12.2 Å². The van der Waals surface area contributed by atoms with E-state index >= 15 is 0 Å². The molecule has 0 atom stereocenters. The van der Waals surface area contributed by atoms with Gasteiger partial charge >= 0.3 is 0 Å². The van der Waals surface area contributed by atoms with E-state index in [1.54, 1.807) is 42.5 Å². The Hall–Kier alpha value is -2.62. The highest BCUT2D eigenvalue weighted by atomic mass is 16.5. The van der Waals surface area contributed by atoms with Gasteiger partial charge in [-0.3, -0.25) is 9.59 Å². The fourth-order valence-corrected chi connectivity index (χ4v) is 1.73. The lowest BCUT2D eigenvalue weighted by molar-refractivity contribution is 0.0997. The summed E-state index contributed by atoms with van der Waals surface area (Å²) in [5.74, 6) is 0.405. The second-order valence-corrected chi connectivity index (χ2v) is 4.10. The second kappa shape index (κ2) is 5.35. The number of carbonyl (C=O) groups excluding carboxylic acids is 2. The van der Waals surface area contributed by atoms with Crippen molar-refractivity contribution in [2.75, 3.05) is 0 Å². The lowest BCUT2D eigenvalue weighted by atomic mass is 10.1. The Morgan fingerprint density at radius 1 is 1.21 bits per heavy atom. The van der Waals surface area contributed by atoms with Crippen molar-refractivity contribution in [1.29, 1.82) is 0 Å². The Morgan fingerprint density at radius 2 is 1.95 bits per heavy atom. The van der Waals surface area contributed by atoms with Crippen molar-refractivity contribution >= 4 is 12.2 Å². The lowest BCUT2D eigenvalue weighted by Gasteiger charge is -2.10. The van der Waals surface area contributed by atoms with Crippen LogP contribution in [0.15, 0.2) is 42.5 Å². The maximum atomic E-state index is 11.3. The predicted octanol–water partition coefficient (Wildman–Crippen LogP) is 2.70. The van der Waals surface area contributed by atoms with Gasteiger partial charge in [0.2, 0.25) is 0 Å². The zero-order valence-electron chi connectivity index (χ0n) is 10.4. The molecule has 0 aromatic heterocycles. The summed E-state index contributed by atoms with van der Waals surface area (Å²) in [6.07, 6.45) is 0.788. The minimum absolute atomic E-state index is 0.319. The number of para-hydroxylation sites is 1. The average molecular weight is 255 g/mol. The summed E-state index contributed by atoms with van der Waals surface area (Å²) in [6.45, 7) is 1.82. The van der Waals surface area contributed by atoms with Crippen LogP contribution in [0, 0.1) is 6.92 Å². The number of ether oxygens (including phenoxy) is 1. The molecule has 2 rings (SSSR count). The third-order valence-electron chi connectivity index (χ3n) is 2.75. The van der Waals surface area contributed by atoms with Crippen LogP contribution >= 0.6 is 0 Å². The van der Waals surface area contributed by atoms with Gasteiger partial charge in [0.15, 0.2) is 0 Å². The predicted molar refractivity (Wildman–Crippen MR) is 71.6 cm³/mol. The van der Waals surface area contributed by atoms with Crippen LogP contribution in [-0.2, 0) is 0 Å². The Bertz CT molecular complexity index is 635. The molecule has 2 aromatic carbocycles. The zero-order valence-corrected chi connectivity index (χ0v) is 10.4. The molecule has 0 fully saturated rings. The van der Waals surface area contributed by atoms with Crippen molar-refractivity contribution < 1.29 is 14.3 Å². The van der Waals surface area contributed by atoms with Crippen molar-refractivity contribution in [2.45, 2.75) is 6.92 Å². The standard InChI is InChI=1S/C15H13NO3/c1-10-8-12(7-6-11(10)9-17)19-14-5-3-2-4-13(14)15(16)18/h2-9H,1H3,(H2,16,18). The minimum atomic E-state index is -0.545. The molecule has 2 N–H and O–H groups in total. The fourth-order valence-electron chi connectivity index (χ4n) is 1.73. The molecule has 2 aromatic rings. The molecule has 0 aliphatic carbocycles. The van der Waals surface area contributed by atoms with Crippen LogP contribution in [0.4, 0.5) is 0 Å². The topological polar surface area (TPSA) is 69.4 Å². The number of hydrogen-bond donors (Lipinski definition) is 1. The monoisotopic (exact) mass is 255 g/mol. The van der Waals surface area contributed by atoms with Gasteiger partial charge in [-0.15, -0.1) is 0 Å². The number of amides is 1. The van der Waals surface area contributed by atoms with E-state index in [0.29, 0.717) is 22.6 Å². The number of primary amides is 1. The lowest BCUT2D eigenvalue weighted by Crippen LogP contribution is -2.12. The maximum Gasteiger partial charge on any atom is 0.252 e. The molecule has 1 amide bonds. The first-order chi connectivity index (χ1) is 9.11. The van der Waals surface area contributed by atoms with E-state index < -0.39 is 5.91 Å². The van der Waals surface area contributed by atoms with Gasteiger partial charge in [-0.05, 0) is 42.8 Å². The number of hydrogen-bond acceptors (Lipinski definition) is 3. The molecule has 0 heterocycles. The van der Waals surface area contributed by atoms with Crippen molar-refractivity contribution in [3.8, 4) is 11.5 Å². The Balaban J connectivity index is 2.34. The zero-order chi connectivity index (χ0) is 13.8. The summed E-state index contributed by atoms with van der Waals surface area (Å²) in [5, 5.41) is 0. The minimum Gasteiger partial charge on any atom is -0.457 e. The summed E-state index contributed by atoms with van der Waals surface area (Å²) >= 11 is 0. The third-order valence-corrected chi connectivity index (χ3v) is 2.75. The van der Waals surface area contributed by atoms with Gasteiger partial charge < -0.3 is 10.5 Å². The highest BCUT2D eigenvalue weighted by molar-refractivity contribution is 5.95. The molecule has 0 spiro atoms. The van der Waals surface area contributed by atoms with Crippen molar-refractivity contribution in [3.63, 3.8) is 0 Å². The van der Waals surface area contributed by atoms with Gasteiger partial charge in [0.25, 0.3) is 5.91 Å². The molecule has 19 heavy (non-hydrogen) atoms. The molecule has 0 aliphatic rings. The molecule has 4 nitrogen and oxygen atoms in total. The van der Waals surface area contributed by atoms with Crippen molar-refractivity contribution in [1.82, 2.24) is 0 Å². The maximum absolute atomic E-state index is 11.3. The summed E-state index contributed by atoms with van der Waals surface area (Å²) in [6, 6.07) is 11.8. The Labute approximate surface area is 110 Å². The van der Waals surface area contributed by atoms with Crippen LogP contribution in [0.3, 0.4) is 0 Å². The van der Waals surface area contributed by atoms with E-state index in [1.165, 1.54) is 0 Å². The molecule has 0 bridgehead atoms. The first-order valence-corrected chi connectivity index (χ1v) is 5.74. The van der Waals surface area contributed by atoms with Gasteiger partial charge in [-0.1, -0.05) is 12.1 Å². The number of benzene rings is 2. The van der Waals surface area contributed by atoms with E-state index in [1.807, 2.05) is 6.92 Å². The third kappa shape index (κ3) is 2.80. The normalized spacial score (nSPS) is 9.95. The molecule has 0 unspecified atom stereocenters. The smallest absolute Gasteiger partial charge is 0.252 e. The van der Waals surface area contributed by atoms with Crippen LogP contribution in [0.25, 0.3) is 0 Å². The quantitative estimate of drug-likeness (QED) is 0.854. The van der Waals surface area contributed by atoms with E-state index in [4.69, 9.17) is 10.5 Å². The molecule has 96 valence electrons. The summed E-state index contributed by atoms with van der Waals surface area (Å²) in [4.78, 5) is 22.0. The number of nitrogens with two attached hydrogens (primary N) is 1. The van der Waals surface area contributed by atoms with Crippen LogP contribution < -0.4 is 10.5 Å². The summed E-state index contributed by atoms with van der Waals surface area (Å²) in [7, 11) is 0. The van der Waals surface area contributed by atoms with Gasteiger partial charge in [0.05, 0.1) is 5.56 Å². The average Bonchev–Trinajstić information content (AvgIpc) is 2.39. The highest BCUT2D eigenvalue weighted by Crippen LogP contribution is 2.26. The molecule has 0 saturated carbocycles. The van der Waals surface area contributed by atoms with E-state index in [2.05, 4.69) is 0 Å². The SMILES string of the molecule is Cc1cc(Oc2ccccc2C(N)=O)ccc1C=O. The van der Waals surface area contributed by atoms with E-state index in [0.717, 1.165) is 11.8 Å². The first kappa shape index (κ1) is 12.8. The van der Waals surface area contributed by atoms with Gasteiger partial charge in [0.1, 0.15) is 17.8 Å².